The lowest BCUT2D eigenvalue weighted by Gasteiger charge is -2.30. The van der Waals surface area contributed by atoms with Gasteiger partial charge in [0.05, 0.1) is 0 Å². The summed E-state index contributed by atoms with van der Waals surface area (Å²) in [4.78, 5) is 2.36. The Balaban J connectivity index is 1.93. The van der Waals surface area contributed by atoms with Gasteiger partial charge in [0.25, 0.3) is 0 Å². The van der Waals surface area contributed by atoms with Gasteiger partial charge in [0.1, 0.15) is 0 Å². The number of hydrogen-bond acceptors (Lipinski definition) is 2. The predicted molar refractivity (Wildman–Crippen MR) is 79.0 cm³/mol. The molecule has 1 aromatic carbocycles. The Labute approximate surface area is 111 Å². The minimum atomic E-state index is 0.570. The zero-order valence-corrected chi connectivity index (χ0v) is 12.1. The summed E-state index contributed by atoms with van der Waals surface area (Å²) in [6, 6.07) is 10.3. The molecule has 1 N–H and O–H groups in total. The maximum Gasteiger partial charge on any atom is 0.0366 e. The summed E-state index contributed by atoms with van der Waals surface area (Å²) in [6.45, 7) is 7.84. The highest BCUT2D eigenvalue weighted by Crippen LogP contribution is 2.21. The summed E-state index contributed by atoms with van der Waals surface area (Å²) in [7, 11) is 2.18. The summed E-state index contributed by atoms with van der Waals surface area (Å²) in [6.07, 6.45) is 2.71. The van der Waals surface area contributed by atoms with Gasteiger partial charge >= 0.3 is 0 Å². The number of anilines is 1. The van der Waals surface area contributed by atoms with Gasteiger partial charge in [-0.3, -0.25) is 0 Å². The van der Waals surface area contributed by atoms with Crippen LogP contribution < -0.4 is 10.2 Å². The SMILES string of the molecule is CC(C)C(C)N(C)c1ccc(CNC2CC2)cc1. The van der Waals surface area contributed by atoms with Gasteiger partial charge in [-0.1, -0.05) is 26.0 Å². The second-order valence-corrected chi connectivity index (χ2v) is 5.92. The van der Waals surface area contributed by atoms with Crippen LogP contribution in [0.3, 0.4) is 0 Å². The van der Waals surface area contributed by atoms with Crippen LogP contribution in [-0.4, -0.2) is 19.1 Å². The summed E-state index contributed by atoms with van der Waals surface area (Å²) in [5.41, 5.74) is 2.70. The standard InChI is InChI=1S/C16H26N2/c1-12(2)13(3)18(4)16-9-5-14(6-10-16)11-17-15-7-8-15/h5-6,9-10,12-13,15,17H,7-8,11H2,1-4H3. The first-order valence-corrected chi connectivity index (χ1v) is 7.13. The molecule has 0 spiro atoms. The number of nitrogens with one attached hydrogen (secondary N) is 1. The van der Waals surface area contributed by atoms with Crippen LogP contribution in [0.15, 0.2) is 24.3 Å². The first-order valence-electron chi connectivity index (χ1n) is 7.13. The zero-order chi connectivity index (χ0) is 13.1. The third-order valence-corrected chi connectivity index (χ3v) is 4.09. The van der Waals surface area contributed by atoms with Gasteiger partial charge in [0, 0.05) is 31.4 Å². The quantitative estimate of drug-likeness (QED) is 0.827. The number of benzene rings is 1. The average Bonchev–Trinajstić information content (AvgIpc) is 3.19. The molecule has 0 bridgehead atoms. The normalized spacial score (nSPS) is 16.9. The third-order valence-electron chi connectivity index (χ3n) is 4.09. The molecule has 0 saturated heterocycles. The molecule has 1 saturated carbocycles. The molecule has 18 heavy (non-hydrogen) atoms. The molecule has 1 fully saturated rings. The van der Waals surface area contributed by atoms with E-state index in [1.807, 2.05) is 0 Å². The first-order chi connectivity index (χ1) is 8.58. The van der Waals surface area contributed by atoms with E-state index in [1.165, 1.54) is 24.1 Å². The summed E-state index contributed by atoms with van der Waals surface area (Å²) >= 11 is 0. The van der Waals surface area contributed by atoms with E-state index < -0.39 is 0 Å². The molecule has 1 aliphatic carbocycles. The van der Waals surface area contributed by atoms with Crippen LogP contribution in [0.25, 0.3) is 0 Å². The first kappa shape index (κ1) is 13.4. The van der Waals surface area contributed by atoms with Crippen LogP contribution in [0.1, 0.15) is 39.2 Å². The Kier molecular flexibility index (Phi) is 4.28. The Morgan fingerprint density at radius 3 is 2.28 bits per heavy atom. The van der Waals surface area contributed by atoms with Crippen molar-refractivity contribution in [3.63, 3.8) is 0 Å². The molecular weight excluding hydrogens is 220 g/mol. The predicted octanol–water partition coefficient (Wildman–Crippen LogP) is 3.42. The van der Waals surface area contributed by atoms with Crippen LogP contribution in [-0.2, 0) is 6.54 Å². The molecule has 1 aromatic rings. The molecule has 0 aliphatic heterocycles. The molecule has 0 amide bonds. The van der Waals surface area contributed by atoms with Crippen LogP contribution in [0.2, 0.25) is 0 Å². The second kappa shape index (κ2) is 5.75. The maximum absolute atomic E-state index is 3.55. The van der Waals surface area contributed by atoms with Gasteiger partial charge in [0.2, 0.25) is 0 Å². The van der Waals surface area contributed by atoms with Gasteiger partial charge in [-0.15, -0.1) is 0 Å². The van der Waals surface area contributed by atoms with E-state index >= 15 is 0 Å². The molecule has 1 unspecified atom stereocenters. The van der Waals surface area contributed by atoms with Gasteiger partial charge < -0.3 is 10.2 Å². The lowest BCUT2D eigenvalue weighted by molar-refractivity contribution is 0.505. The molecule has 1 aliphatic rings. The summed E-state index contributed by atoms with van der Waals surface area (Å²) in [5, 5.41) is 3.55. The maximum atomic E-state index is 3.55. The second-order valence-electron chi connectivity index (χ2n) is 5.92. The fourth-order valence-electron chi connectivity index (χ4n) is 2.08. The summed E-state index contributed by atoms with van der Waals surface area (Å²) < 4.78 is 0. The highest BCUT2D eigenvalue weighted by molar-refractivity contribution is 5.47. The van der Waals surface area contributed by atoms with Crippen molar-refractivity contribution < 1.29 is 0 Å². The number of nitrogens with zero attached hydrogens (tertiary/aromatic N) is 1. The van der Waals surface area contributed by atoms with Crippen molar-refractivity contribution in [3.05, 3.63) is 29.8 Å². The van der Waals surface area contributed by atoms with Crippen molar-refractivity contribution in [1.82, 2.24) is 5.32 Å². The number of hydrogen-bond donors (Lipinski definition) is 1. The van der Waals surface area contributed by atoms with Crippen LogP contribution in [0.5, 0.6) is 0 Å². The lowest BCUT2D eigenvalue weighted by atomic mass is 10.0. The molecule has 100 valence electrons. The van der Waals surface area contributed by atoms with Gasteiger partial charge in [0.15, 0.2) is 0 Å². The van der Waals surface area contributed by atoms with E-state index in [4.69, 9.17) is 0 Å². The minimum absolute atomic E-state index is 0.570. The monoisotopic (exact) mass is 246 g/mol. The Morgan fingerprint density at radius 2 is 1.78 bits per heavy atom. The third kappa shape index (κ3) is 3.49. The van der Waals surface area contributed by atoms with E-state index in [2.05, 4.69) is 62.3 Å². The number of rotatable bonds is 6. The van der Waals surface area contributed by atoms with Crippen LogP contribution in [0, 0.1) is 5.92 Å². The largest absolute Gasteiger partial charge is 0.372 e. The molecule has 0 radical (unpaired) electrons. The molecule has 2 nitrogen and oxygen atoms in total. The Hall–Kier alpha value is -1.02. The van der Waals surface area contributed by atoms with Gasteiger partial charge in [-0.25, -0.2) is 0 Å². The highest BCUT2D eigenvalue weighted by atomic mass is 15.1. The van der Waals surface area contributed by atoms with Crippen molar-refractivity contribution in [1.29, 1.82) is 0 Å². The van der Waals surface area contributed by atoms with E-state index in [9.17, 15) is 0 Å². The fourth-order valence-corrected chi connectivity index (χ4v) is 2.08. The molecule has 2 heteroatoms. The lowest BCUT2D eigenvalue weighted by Crippen LogP contribution is -2.33. The topological polar surface area (TPSA) is 15.3 Å². The minimum Gasteiger partial charge on any atom is -0.372 e. The average molecular weight is 246 g/mol. The molecule has 0 aromatic heterocycles. The van der Waals surface area contributed by atoms with E-state index in [1.54, 1.807) is 0 Å². The summed E-state index contributed by atoms with van der Waals surface area (Å²) in [5.74, 6) is 0.672. The fraction of sp³-hybridized carbons (Fsp3) is 0.625. The van der Waals surface area contributed by atoms with Crippen molar-refractivity contribution >= 4 is 5.69 Å². The molecule has 2 rings (SSSR count). The van der Waals surface area contributed by atoms with Crippen molar-refractivity contribution in [2.45, 2.75) is 52.2 Å². The van der Waals surface area contributed by atoms with Crippen molar-refractivity contribution in [3.8, 4) is 0 Å². The van der Waals surface area contributed by atoms with E-state index in [0.717, 1.165) is 12.6 Å². The Bertz CT molecular complexity index is 365. The van der Waals surface area contributed by atoms with Crippen molar-refractivity contribution in [2.24, 2.45) is 5.92 Å². The zero-order valence-electron chi connectivity index (χ0n) is 12.1. The molecular formula is C16H26N2. The molecule has 1 atom stereocenters. The highest BCUT2D eigenvalue weighted by Gasteiger charge is 2.20. The van der Waals surface area contributed by atoms with E-state index in [-0.39, 0.29) is 0 Å². The van der Waals surface area contributed by atoms with Crippen molar-refractivity contribution in [2.75, 3.05) is 11.9 Å². The van der Waals surface area contributed by atoms with Gasteiger partial charge in [-0.2, -0.15) is 0 Å². The van der Waals surface area contributed by atoms with Crippen LogP contribution in [0.4, 0.5) is 5.69 Å². The Morgan fingerprint density at radius 1 is 1.17 bits per heavy atom. The van der Waals surface area contributed by atoms with Gasteiger partial charge in [-0.05, 0) is 43.4 Å². The van der Waals surface area contributed by atoms with E-state index in [0.29, 0.717) is 12.0 Å². The molecule has 0 heterocycles. The smallest absolute Gasteiger partial charge is 0.0366 e. The van der Waals surface area contributed by atoms with Crippen LogP contribution >= 0.6 is 0 Å².